The molecule has 0 saturated heterocycles. The summed E-state index contributed by atoms with van der Waals surface area (Å²) in [5.74, 6) is -0.126. The molecule has 0 radical (unpaired) electrons. The van der Waals surface area contributed by atoms with Crippen LogP contribution >= 0.6 is 11.6 Å². The fourth-order valence-electron chi connectivity index (χ4n) is 13.4. The van der Waals surface area contributed by atoms with Crippen LogP contribution in [0.1, 0.15) is 127 Å². The number of rotatable bonds is 10. The normalized spacial score (nSPS) is 35.7. The number of allylic oxidation sites excluding steroid dienone is 3. The van der Waals surface area contributed by atoms with Gasteiger partial charge in [0.1, 0.15) is 12.4 Å². The molecule has 8 atom stereocenters. The highest BCUT2D eigenvalue weighted by Gasteiger charge is 2.70. The third-order valence-corrected chi connectivity index (χ3v) is 16.8. The van der Waals surface area contributed by atoms with Crippen molar-refractivity contribution in [2.24, 2.45) is 56.2 Å². The number of anilines is 1. The minimum Gasteiger partial charge on any atom is -0.481 e. The van der Waals surface area contributed by atoms with Gasteiger partial charge in [0.25, 0.3) is 0 Å². The number of nitrogens with zero attached hydrogens (tertiary/aromatic N) is 2. The van der Waals surface area contributed by atoms with Gasteiger partial charge < -0.3 is 9.84 Å². The third-order valence-electron chi connectivity index (χ3n) is 16.5. The van der Waals surface area contributed by atoms with E-state index in [9.17, 15) is 24.3 Å². The molecule has 0 aromatic heterocycles. The Morgan fingerprint density at radius 1 is 0.945 bits per heavy atom. The van der Waals surface area contributed by atoms with E-state index in [0.29, 0.717) is 23.3 Å². The van der Waals surface area contributed by atoms with Gasteiger partial charge in [0.05, 0.1) is 17.5 Å². The van der Waals surface area contributed by atoms with Gasteiger partial charge in [-0.3, -0.25) is 29.2 Å². The molecule has 4 saturated carbocycles. The van der Waals surface area contributed by atoms with Crippen LogP contribution < -0.4 is 5.01 Å². The van der Waals surface area contributed by atoms with Gasteiger partial charge in [-0.05, 0) is 147 Å². The fourth-order valence-corrected chi connectivity index (χ4v) is 13.5. The topological polar surface area (TPSA) is 104 Å². The molecule has 6 rings (SSSR count). The lowest BCUT2D eigenvalue weighted by atomic mass is 9.33. The second-order valence-corrected chi connectivity index (χ2v) is 20.6. The zero-order chi connectivity index (χ0) is 40.7. The highest BCUT2D eigenvalue weighted by Crippen LogP contribution is 2.77. The minimum atomic E-state index is -1.18. The van der Waals surface area contributed by atoms with Crippen LogP contribution in [-0.2, 0) is 23.9 Å². The number of aldehydes is 1. The van der Waals surface area contributed by atoms with Crippen molar-refractivity contribution >= 4 is 41.3 Å². The first-order chi connectivity index (χ1) is 25.5. The first-order valence-electron chi connectivity index (χ1n) is 20.6. The summed E-state index contributed by atoms with van der Waals surface area (Å²) in [4.78, 5) is 51.8. The molecular weight excluding hydrogens is 712 g/mol. The Hall–Kier alpha value is -3.13. The number of carbonyl (C=O) groups excluding carboxylic acids is 3. The van der Waals surface area contributed by atoms with Crippen molar-refractivity contribution < 1.29 is 29.0 Å². The molecule has 0 bridgehead atoms. The van der Waals surface area contributed by atoms with Crippen LogP contribution in [-0.4, -0.2) is 54.3 Å². The van der Waals surface area contributed by atoms with E-state index in [4.69, 9.17) is 16.3 Å². The number of fused-ring (bicyclic) bond motifs is 7. The fraction of sp³-hybridized carbons (Fsp3) is 0.696. The molecule has 7 unspecified atom stereocenters. The summed E-state index contributed by atoms with van der Waals surface area (Å²) < 4.78 is 6.18. The molecule has 302 valence electrons. The number of carboxylic acid groups (broad SMARTS) is 1. The summed E-state index contributed by atoms with van der Waals surface area (Å²) >= 11 is 6.25. The highest BCUT2D eigenvalue weighted by atomic mass is 35.5. The molecule has 1 aromatic rings. The lowest BCUT2D eigenvalue weighted by molar-refractivity contribution is -0.233. The lowest BCUT2D eigenvalue weighted by Crippen LogP contribution is -2.66. The molecule has 5 aliphatic carbocycles. The molecule has 0 heterocycles. The van der Waals surface area contributed by atoms with Crippen molar-refractivity contribution in [3.05, 3.63) is 52.2 Å². The second kappa shape index (κ2) is 14.1. The van der Waals surface area contributed by atoms with Crippen molar-refractivity contribution in [1.29, 1.82) is 0 Å². The van der Waals surface area contributed by atoms with Crippen LogP contribution in [0.3, 0.4) is 0 Å². The number of halogens is 1. The Labute approximate surface area is 334 Å². The van der Waals surface area contributed by atoms with Gasteiger partial charge in [0.2, 0.25) is 0 Å². The van der Waals surface area contributed by atoms with Gasteiger partial charge in [-0.1, -0.05) is 60.1 Å². The Kier molecular flexibility index (Phi) is 10.6. The van der Waals surface area contributed by atoms with Crippen LogP contribution in [0.15, 0.2) is 47.2 Å². The zero-order valence-corrected chi connectivity index (χ0v) is 35.9. The van der Waals surface area contributed by atoms with E-state index in [1.165, 1.54) is 5.57 Å². The van der Waals surface area contributed by atoms with Crippen molar-refractivity contribution in [2.75, 3.05) is 19.1 Å². The number of carbonyl (C=O) groups is 4. The maximum atomic E-state index is 14.4. The van der Waals surface area contributed by atoms with Crippen LogP contribution in [0.5, 0.6) is 0 Å². The van der Waals surface area contributed by atoms with Gasteiger partial charge in [0.15, 0.2) is 5.78 Å². The number of hydrazine groups is 1. The number of carboxylic acids is 1. The first-order valence-corrected chi connectivity index (χ1v) is 21.0. The van der Waals surface area contributed by atoms with E-state index in [0.717, 1.165) is 74.6 Å². The standard InChI is InChI=1S/C46H65ClN2O6/c1-28(2)38-32(51)26-46(35(20-25-50)49(11)48(10)30-14-12-29(47)13-15-30)24-23-44(8)31(39(38)46)16-17-34-43(7)21-19-36(55-37(52)27-41(3,4)40(53)54)42(5,6)33(43)18-22-45(34,44)9/h12-15,20,25,28,31,33-34,36H,16-19,21-24,26-27H2,1-11H3,(H,53,54)/b35-20-/t31?,33?,34?,36?,43?,44-,45?,46?/m1/s1. The van der Waals surface area contributed by atoms with E-state index in [1.54, 1.807) is 19.9 Å². The maximum absolute atomic E-state index is 14.4. The summed E-state index contributed by atoms with van der Waals surface area (Å²) in [5.41, 5.74) is 2.06. The molecule has 55 heavy (non-hydrogen) atoms. The first kappa shape index (κ1) is 41.5. The molecule has 0 amide bonds. The third kappa shape index (κ3) is 6.30. The highest BCUT2D eigenvalue weighted by molar-refractivity contribution is 6.30. The number of hydrogen-bond donors (Lipinski definition) is 1. The van der Waals surface area contributed by atoms with Crippen LogP contribution in [0.25, 0.3) is 0 Å². The number of benzene rings is 1. The summed E-state index contributed by atoms with van der Waals surface area (Å²) in [6.07, 6.45) is 10.2. The number of aliphatic carboxylic acids is 1. The van der Waals surface area contributed by atoms with Crippen molar-refractivity contribution in [3.63, 3.8) is 0 Å². The molecule has 9 heteroatoms. The number of esters is 1. The second-order valence-electron chi connectivity index (χ2n) is 20.2. The molecule has 5 aliphatic rings. The largest absolute Gasteiger partial charge is 0.481 e. The minimum absolute atomic E-state index is 0.0136. The quantitative estimate of drug-likeness (QED) is 0.108. The number of ether oxygens (including phenoxy) is 1. The molecule has 0 aliphatic heterocycles. The summed E-state index contributed by atoms with van der Waals surface area (Å²) in [7, 11) is 4.00. The molecular formula is C46H65ClN2O6. The van der Waals surface area contributed by atoms with E-state index < -0.39 is 22.8 Å². The smallest absolute Gasteiger partial charge is 0.309 e. The van der Waals surface area contributed by atoms with Gasteiger partial charge in [-0.15, -0.1) is 0 Å². The van der Waals surface area contributed by atoms with Gasteiger partial charge in [0, 0.05) is 42.1 Å². The SMILES string of the molecule is CC(C)C1=C2C3CCC4C5(C)CCC(OC(=O)CC(C)(C)C(=O)O)C(C)(C)C5CCC4(C)[C@]3(C)CCC2(/C(=C/C=O)N(C)N(C)c2ccc(Cl)cc2)CC1=O. The van der Waals surface area contributed by atoms with E-state index in [2.05, 4.69) is 53.5 Å². The summed E-state index contributed by atoms with van der Waals surface area (Å²) in [6.45, 7) is 19.6. The van der Waals surface area contributed by atoms with Crippen molar-refractivity contribution in [3.8, 4) is 0 Å². The van der Waals surface area contributed by atoms with Crippen LogP contribution in [0.4, 0.5) is 5.69 Å². The van der Waals surface area contributed by atoms with Gasteiger partial charge in [-0.25, -0.2) is 0 Å². The number of Topliss-reactive ketones (excluding diaryl/α,β-unsaturated/α-hetero) is 1. The number of hydrogen-bond acceptors (Lipinski definition) is 7. The Bertz CT molecular complexity index is 1800. The van der Waals surface area contributed by atoms with E-state index >= 15 is 0 Å². The average Bonchev–Trinajstić information content (AvgIpc) is 3.41. The molecule has 0 spiro atoms. The molecule has 1 N–H and O–H groups in total. The van der Waals surface area contributed by atoms with Crippen molar-refractivity contribution in [1.82, 2.24) is 5.01 Å². The van der Waals surface area contributed by atoms with Crippen LogP contribution in [0.2, 0.25) is 5.02 Å². The zero-order valence-electron chi connectivity index (χ0n) is 35.2. The maximum Gasteiger partial charge on any atom is 0.309 e. The summed E-state index contributed by atoms with van der Waals surface area (Å²) in [6, 6.07) is 7.68. The predicted molar refractivity (Wildman–Crippen MR) is 217 cm³/mol. The van der Waals surface area contributed by atoms with Crippen molar-refractivity contribution in [2.45, 2.75) is 133 Å². The number of ketones is 1. The average molecular weight is 777 g/mol. The van der Waals surface area contributed by atoms with Crippen LogP contribution in [0, 0.1) is 56.2 Å². The van der Waals surface area contributed by atoms with E-state index in [-0.39, 0.29) is 51.8 Å². The Morgan fingerprint density at radius 3 is 2.20 bits per heavy atom. The predicted octanol–water partition coefficient (Wildman–Crippen LogP) is 10.1. The summed E-state index contributed by atoms with van der Waals surface area (Å²) in [5, 5.41) is 14.4. The monoisotopic (exact) mass is 776 g/mol. The van der Waals surface area contributed by atoms with Gasteiger partial charge in [-0.2, -0.15) is 0 Å². The Balaban J connectivity index is 1.35. The Morgan fingerprint density at radius 2 is 1.60 bits per heavy atom. The lowest BCUT2D eigenvalue weighted by Gasteiger charge is -2.72. The van der Waals surface area contributed by atoms with E-state index in [1.807, 2.05) is 43.4 Å². The van der Waals surface area contributed by atoms with Gasteiger partial charge >= 0.3 is 11.9 Å². The molecule has 8 nitrogen and oxygen atoms in total. The molecule has 1 aromatic carbocycles. The molecule has 4 fully saturated rings.